The zero-order valence-electron chi connectivity index (χ0n) is 9.94. The first-order chi connectivity index (χ1) is 9.06. The van der Waals surface area contributed by atoms with Crippen molar-refractivity contribution >= 4 is 28.3 Å². The number of benzene rings is 1. The van der Waals surface area contributed by atoms with Gasteiger partial charge in [0.15, 0.2) is 0 Å². The zero-order chi connectivity index (χ0) is 13.6. The van der Waals surface area contributed by atoms with E-state index in [-0.39, 0.29) is 0 Å². The van der Waals surface area contributed by atoms with Gasteiger partial charge in [-0.1, -0.05) is 0 Å². The molecule has 2 heterocycles. The quantitative estimate of drug-likeness (QED) is 0.742. The number of rotatable bonds is 1. The Balaban J connectivity index is 2.22. The molecular formula is C13H9FN2O2S. The molecule has 0 atom stereocenters. The van der Waals surface area contributed by atoms with Crippen molar-refractivity contribution in [3.05, 3.63) is 56.4 Å². The zero-order valence-corrected chi connectivity index (χ0v) is 10.8. The third-order valence-electron chi connectivity index (χ3n) is 2.79. The summed E-state index contributed by atoms with van der Waals surface area (Å²) < 4.78 is 14.1. The summed E-state index contributed by atoms with van der Waals surface area (Å²) in [5.41, 5.74) is 1.10. The van der Waals surface area contributed by atoms with Crippen molar-refractivity contribution in [1.29, 1.82) is 0 Å². The number of carbonyl (C=O) groups excluding carboxylic acids is 1. The average molecular weight is 276 g/mol. The summed E-state index contributed by atoms with van der Waals surface area (Å²) in [5, 5.41) is 1.84. The highest BCUT2D eigenvalue weighted by atomic mass is 32.1. The van der Waals surface area contributed by atoms with E-state index in [0.29, 0.717) is 15.9 Å². The minimum Gasteiger partial charge on any atom is -0.305 e. The smallest absolute Gasteiger partial charge is 0.305 e. The lowest BCUT2D eigenvalue weighted by atomic mass is 10.3. The molecule has 4 nitrogen and oxygen atoms in total. The van der Waals surface area contributed by atoms with Crippen molar-refractivity contribution in [3.63, 3.8) is 0 Å². The van der Waals surface area contributed by atoms with Crippen molar-refractivity contribution in [3.8, 4) is 0 Å². The van der Waals surface area contributed by atoms with Crippen molar-refractivity contribution in [2.75, 3.05) is 0 Å². The minimum atomic E-state index is -0.559. The number of hydrogen-bond acceptors (Lipinski definition) is 3. The number of aromatic amines is 1. The van der Waals surface area contributed by atoms with Crippen LogP contribution in [-0.2, 0) is 0 Å². The molecule has 0 bridgehead atoms. The number of H-pyrrole nitrogens is 1. The molecule has 3 rings (SSSR count). The number of halogens is 1. The summed E-state index contributed by atoms with van der Waals surface area (Å²) in [5.74, 6) is -0.860. The number of aryl methyl sites for hydroxylation is 1. The van der Waals surface area contributed by atoms with Gasteiger partial charge in [-0.3, -0.25) is 4.79 Å². The van der Waals surface area contributed by atoms with E-state index in [1.54, 1.807) is 6.07 Å². The van der Waals surface area contributed by atoms with Crippen LogP contribution in [0, 0.1) is 12.7 Å². The highest BCUT2D eigenvalue weighted by Gasteiger charge is 2.17. The number of imidazole rings is 1. The number of thiophene rings is 1. The Labute approximate surface area is 111 Å². The van der Waals surface area contributed by atoms with E-state index < -0.39 is 17.4 Å². The van der Waals surface area contributed by atoms with E-state index in [9.17, 15) is 14.0 Å². The van der Waals surface area contributed by atoms with Crippen LogP contribution in [0.2, 0.25) is 0 Å². The Morgan fingerprint density at radius 1 is 1.37 bits per heavy atom. The van der Waals surface area contributed by atoms with E-state index in [1.165, 1.54) is 29.5 Å². The van der Waals surface area contributed by atoms with Gasteiger partial charge in [-0.15, -0.1) is 11.3 Å². The lowest BCUT2D eigenvalue weighted by molar-refractivity contribution is 0.0965. The maximum Gasteiger partial charge on any atom is 0.333 e. The molecule has 0 radical (unpaired) electrons. The lowest BCUT2D eigenvalue weighted by Crippen LogP contribution is -2.24. The van der Waals surface area contributed by atoms with Gasteiger partial charge in [0.1, 0.15) is 5.82 Å². The molecular weight excluding hydrogens is 267 g/mol. The molecule has 0 aliphatic heterocycles. The van der Waals surface area contributed by atoms with E-state index in [0.717, 1.165) is 10.1 Å². The summed E-state index contributed by atoms with van der Waals surface area (Å²) in [6.07, 6.45) is 0. The fourth-order valence-corrected chi connectivity index (χ4v) is 2.77. The van der Waals surface area contributed by atoms with Crippen LogP contribution in [-0.4, -0.2) is 15.5 Å². The lowest BCUT2D eigenvalue weighted by Gasteiger charge is -1.99. The summed E-state index contributed by atoms with van der Waals surface area (Å²) in [7, 11) is 0. The molecule has 19 heavy (non-hydrogen) atoms. The number of aromatic nitrogens is 2. The van der Waals surface area contributed by atoms with Gasteiger partial charge >= 0.3 is 5.69 Å². The van der Waals surface area contributed by atoms with Crippen LogP contribution >= 0.6 is 11.3 Å². The molecule has 96 valence electrons. The molecule has 0 aliphatic carbocycles. The summed E-state index contributed by atoms with van der Waals surface area (Å²) in [6.45, 7) is 1.88. The van der Waals surface area contributed by atoms with Gasteiger partial charge < -0.3 is 4.98 Å². The SMILES string of the molecule is Cc1csc(C(=O)n2c(=O)[nH]c3cc(F)ccc32)c1. The molecule has 0 unspecified atom stereocenters. The molecule has 0 aliphatic rings. The number of nitrogens with zero attached hydrogens (tertiary/aromatic N) is 1. The molecule has 0 spiro atoms. The monoisotopic (exact) mass is 276 g/mol. The Kier molecular flexibility index (Phi) is 2.60. The molecule has 0 saturated heterocycles. The van der Waals surface area contributed by atoms with Crippen LogP contribution in [0.25, 0.3) is 11.0 Å². The number of carbonyl (C=O) groups is 1. The van der Waals surface area contributed by atoms with Gasteiger partial charge in [0, 0.05) is 0 Å². The van der Waals surface area contributed by atoms with Crippen molar-refractivity contribution in [1.82, 2.24) is 9.55 Å². The molecule has 1 aromatic carbocycles. The van der Waals surface area contributed by atoms with Gasteiger partial charge in [0.2, 0.25) is 0 Å². The van der Waals surface area contributed by atoms with E-state index >= 15 is 0 Å². The van der Waals surface area contributed by atoms with Gasteiger partial charge in [-0.2, -0.15) is 0 Å². The Bertz CT molecular complexity index is 844. The van der Waals surface area contributed by atoms with E-state index in [1.807, 2.05) is 12.3 Å². The largest absolute Gasteiger partial charge is 0.333 e. The van der Waals surface area contributed by atoms with Crippen molar-refractivity contribution < 1.29 is 9.18 Å². The Morgan fingerprint density at radius 3 is 2.84 bits per heavy atom. The van der Waals surface area contributed by atoms with Gasteiger partial charge in [0.05, 0.1) is 15.9 Å². The molecule has 3 aromatic rings. The first kappa shape index (κ1) is 11.9. The second-order valence-corrected chi connectivity index (χ2v) is 5.13. The van der Waals surface area contributed by atoms with Crippen LogP contribution < -0.4 is 5.69 Å². The van der Waals surface area contributed by atoms with E-state index in [2.05, 4.69) is 4.98 Å². The molecule has 0 saturated carbocycles. The Hall–Kier alpha value is -2.21. The summed E-state index contributed by atoms with van der Waals surface area (Å²) >= 11 is 1.28. The van der Waals surface area contributed by atoms with Crippen LogP contribution in [0.15, 0.2) is 34.4 Å². The maximum atomic E-state index is 13.1. The first-order valence-corrected chi connectivity index (χ1v) is 6.44. The van der Waals surface area contributed by atoms with Crippen LogP contribution in [0.4, 0.5) is 4.39 Å². The Morgan fingerprint density at radius 2 is 2.16 bits per heavy atom. The fourth-order valence-electron chi connectivity index (χ4n) is 1.94. The third-order valence-corrected chi connectivity index (χ3v) is 3.82. The second kappa shape index (κ2) is 4.17. The first-order valence-electron chi connectivity index (χ1n) is 5.56. The summed E-state index contributed by atoms with van der Waals surface area (Å²) in [4.78, 5) is 27.1. The van der Waals surface area contributed by atoms with Crippen LogP contribution in [0.3, 0.4) is 0 Å². The predicted molar refractivity (Wildman–Crippen MR) is 71.3 cm³/mol. The third kappa shape index (κ3) is 1.90. The highest BCUT2D eigenvalue weighted by molar-refractivity contribution is 7.12. The van der Waals surface area contributed by atoms with Gasteiger partial charge in [0.25, 0.3) is 5.91 Å². The predicted octanol–water partition coefficient (Wildman–Crippen LogP) is 2.53. The number of hydrogen-bond donors (Lipinski definition) is 1. The fraction of sp³-hybridized carbons (Fsp3) is 0.0769. The number of nitrogens with one attached hydrogen (secondary N) is 1. The summed E-state index contributed by atoms with van der Waals surface area (Å²) in [6, 6.07) is 5.56. The molecule has 0 fully saturated rings. The highest BCUT2D eigenvalue weighted by Crippen LogP contribution is 2.18. The molecule has 2 aromatic heterocycles. The normalized spacial score (nSPS) is 11.1. The molecule has 1 N–H and O–H groups in total. The second-order valence-electron chi connectivity index (χ2n) is 4.22. The number of fused-ring (bicyclic) bond motifs is 1. The molecule has 6 heteroatoms. The average Bonchev–Trinajstić information content (AvgIpc) is 2.91. The van der Waals surface area contributed by atoms with Gasteiger partial charge in [-0.05, 0) is 42.1 Å². The minimum absolute atomic E-state index is 0.312. The topological polar surface area (TPSA) is 54.9 Å². The van der Waals surface area contributed by atoms with Crippen LogP contribution in [0.5, 0.6) is 0 Å². The van der Waals surface area contributed by atoms with Crippen molar-refractivity contribution in [2.24, 2.45) is 0 Å². The van der Waals surface area contributed by atoms with Crippen LogP contribution in [0.1, 0.15) is 15.2 Å². The standard InChI is InChI=1S/C13H9FN2O2S/c1-7-4-11(19-6-7)12(17)16-10-3-2-8(14)5-9(10)15-13(16)18/h2-6H,1H3,(H,15,18). The maximum absolute atomic E-state index is 13.1. The van der Waals surface area contributed by atoms with E-state index in [4.69, 9.17) is 0 Å². The van der Waals surface area contributed by atoms with Crippen molar-refractivity contribution in [2.45, 2.75) is 6.92 Å². The molecule has 0 amide bonds. The van der Waals surface area contributed by atoms with Gasteiger partial charge in [-0.25, -0.2) is 13.8 Å².